The molecule has 0 aliphatic carbocycles. The molecule has 0 fully saturated rings. The Morgan fingerprint density at radius 2 is 2.21 bits per heavy atom. The van der Waals surface area contributed by atoms with E-state index in [1.165, 1.54) is 7.11 Å². The zero-order valence-corrected chi connectivity index (χ0v) is 8.32. The van der Waals surface area contributed by atoms with Gasteiger partial charge in [0.15, 0.2) is 0 Å². The molecule has 4 nitrogen and oxygen atoms in total. The molecule has 80 valence electrons. The first-order valence-electron chi connectivity index (χ1n) is 4.52. The van der Waals surface area contributed by atoms with Gasteiger partial charge in [-0.05, 0) is 6.42 Å². The first-order valence-corrected chi connectivity index (χ1v) is 4.52. The van der Waals surface area contributed by atoms with Gasteiger partial charge in [-0.3, -0.25) is 4.79 Å². The number of carbonyl (C=O) groups is 1. The number of aliphatic hydroxyl groups excluding tert-OH is 2. The summed E-state index contributed by atoms with van der Waals surface area (Å²) < 4.78 is 4.45. The number of hydrogen-bond acceptors (Lipinski definition) is 4. The molecule has 0 saturated carbocycles. The molecule has 1 atom stereocenters. The number of carbonyl (C=O) groups excluding carboxylic acids is 1. The Labute approximate surface area is 83.9 Å². The second-order valence-corrected chi connectivity index (χ2v) is 2.82. The van der Waals surface area contributed by atoms with Gasteiger partial charge in [0.2, 0.25) is 0 Å². The number of ether oxygens (including phenoxy) is 1. The van der Waals surface area contributed by atoms with Gasteiger partial charge in [0.05, 0.1) is 19.8 Å². The van der Waals surface area contributed by atoms with Crippen LogP contribution in [0.5, 0.6) is 0 Å². The van der Waals surface area contributed by atoms with Crippen molar-refractivity contribution < 1.29 is 19.7 Å². The van der Waals surface area contributed by atoms with E-state index in [9.17, 15) is 4.79 Å². The van der Waals surface area contributed by atoms with Crippen LogP contribution in [-0.4, -0.2) is 36.0 Å². The van der Waals surface area contributed by atoms with Gasteiger partial charge in [-0.2, -0.15) is 0 Å². The molecule has 0 amide bonds. The second-order valence-electron chi connectivity index (χ2n) is 2.82. The van der Waals surface area contributed by atoms with Crippen LogP contribution in [0.4, 0.5) is 0 Å². The lowest BCUT2D eigenvalue weighted by atomic mass is 10.2. The van der Waals surface area contributed by atoms with E-state index < -0.39 is 6.10 Å². The minimum absolute atomic E-state index is 0.234. The molecule has 0 bridgehead atoms. The zero-order valence-electron chi connectivity index (χ0n) is 8.32. The average Bonchev–Trinajstić information content (AvgIpc) is 2.22. The van der Waals surface area contributed by atoms with Gasteiger partial charge in [0.25, 0.3) is 0 Å². The second kappa shape index (κ2) is 8.54. The molecule has 0 saturated heterocycles. The van der Waals surface area contributed by atoms with Crippen LogP contribution in [0.2, 0.25) is 0 Å². The van der Waals surface area contributed by atoms with Crippen molar-refractivity contribution in [2.24, 2.45) is 0 Å². The van der Waals surface area contributed by atoms with Crippen molar-refractivity contribution in [3.05, 3.63) is 0 Å². The standard InChI is InChI=1S/C10H16O4/c1-14-10(13)7-5-3-2-4-6-9(12)8-11/h9,11-12H,3,5-8H2,1H3/t9-/m0/s1. The normalized spacial score (nSPS) is 11.4. The summed E-state index contributed by atoms with van der Waals surface area (Å²) >= 11 is 0. The fourth-order valence-electron chi connectivity index (χ4n) is 0.766. The Morgan fingerprint density at radius 1 is 1.50 bits per heavy atom. The number of unbranched alkanes of at least 4 members (excludes halogenated alkanes) is 1. The molecule has 0 unspecified atom stereocenters. The molecular formula is C10H16O4. The summed E-state index contributed by atoms with van der Waals surface area (Å²) in [5, 5.41) is 17.4. The molecule has 0 aromatic carbocycles. The third-order valence-corrected chi connectivity index (χ3v) is 1.58. The first-order chi connectivity index (χ1) is 6.70. The molecule has 0 aromatic rings. The van der Waals surface area contributed by atoms with Crippen LogP contribution < -0.4 is 0 Å². The van der Waals surface area contributed by atoms with Gasteiger partial charge in [-0.1, -0.05) is 0 Å². The Hall–Kier alpha value is -1.05. The van der Waals surface area contributed by atoms with E-state index in [4.69, 9.17) is 10.2 Å². The summed E-state index contributed by atoms with van der Waals surface area (Å²) in [6, 6.07) is 0. The number of methoxy groups -OCH3 is 1. The van der Waals surface area contributed by atoms with Gasteiger partial charge < -0.3 is 14.9 Å². The predicted molar refractivity (Wildman–Crippen MR) is 51.4 cm³/mol. The minimum Gasteiger partial charge on any atom is -0.469 e. The van der Waals surface area contributed by atoms with Crippen molar-refractivity contribution >= 4 is 5.97 Å². The summed E-state index contributed by atoms with van der Waals surface area (Å²) in [5.41, 5.74) is 0. The van der Waals surface area contributed by atoms with Crippen LogP contribution in [-0.2, 0) is 9.53 Å². The molecule has 4 heteroatoms. The largest absolute Gasteiger partial charge is 0.469 e. The van der Waals surface area contributed by atoms with Gasteiger partial charge in [0, 0.05) is 19.3 Å². The van der Waals surface area contributed by atoms with Crippen molar-refractivity contribution in [1.29, 1.82) is 0 Å². The van der Waals surface area contributed by atoms with E-state index in [0.29, 0.717) is 19.3 Å². The van der Waals surface area contributed by atoms with E-state index >= 15 is 0 Å². The maximum atomic E-state index is 10.7. The van der Waals surface area contributed by atoms with Crippen LogP contribution in [0.3, 0.4) is 0 Å². The van der Waals surface area contributed by atoms with Gasteiger partial charge in [0.1, 0.15) is 0 Å². The molecule has 14 heavy (non-hydrogen) atoms. The van der Waals surface area contributed by atoms with Crippen molar-refractivity contribution in [2.75, 3.05) is 13.7 Å². The summed E-state index contributed by atoms with van der Waals surface area (Å²) in [6.45, 7) is -0.267. The molecule has 0 rings (SSSR count). The van der Waals surface area contributed by atoms with Crippen LogP contribution >= 0.6 is 0 Å². The average molecular weight is 200 g/mol. The summed E-state index contributed by atoms with van der Waals surface area (Å²) in [5.74, 6) is 5.28. The van der Waals surface area contributed by atoms with Crippen molar-refractivity contribution in [3.8, 4) is 11.8 Å². The van der Waals surface area contributed by atoms with Crippen molar-refractivity contribution in [1.82, 2.24) is 0 Å². The highest BCUT2D eigenvalue weighted by Crippen LogP contribution is 1.96. The number of esters is 1. The quantitative estimate of drug-likeness (QED) is 0.374. The first kappa shape index (κ1) is 12.9. The van der Waals surface area contributed by atoms with E-state index in [1.807, 2.05) is 0 Å². The smallest absolute Gasteiger partial charge is 0.305 e. The summed E-state index contributed by atoms with van der Waals surface area (Å²) in [4.78, 5) is 10.7. The van der Waals surface area contributed by atoms with Gasteiger partial charge >= 0.3 is 5.97 Å². The SMILES string of the molecule is COC(=O)CCCC#CC[C@H](O)CO. The minimum atomic E-state index is -0.761. The third kappa shape index (κ3) is 7.59. The van der Waals surface area contributed by atoms with Crippen molar-refractivity contribution in [3.63, 3.8) is 0 Å². The fourth-order valence-corrected chi connectivity index (χ4v) is 0.766. The highest BCUT2D eigenvalue weighted by atomic mass is 16.5. The molecule has 2 N–H and O–H groups in total. The van der Waals surface area contributed by atoms with Crippen LogP contribution in [0.25, 0.3) is 0 Å². The molecule has 0 aromatic heterocycles. The lowest BCUT2D eigenvalue weighted by Gasteiger charge is -1.98. The third-order valence-electron chi connectivity index (χ3n) is 1.58. The highest BCUT2D eigenvalue weighted by Gasteiger charge is 1.98. The van der Waals surface area contributed by atoms with Crippen molar-refractivity contribution in [2.45, 2.75) is 31.8 Å². The van der Waals surface area contributed by atoms with E-state index in [2.05, 4.69) is 16.6 Å². The lowest BCUT2D eigenvalue weighted by Crippen LogP contribution is -2.09. The van der Waals surface area contributed by atoms with E-state index in [0.717, 1.165) is 0 Å². The Bertz CT molecular complexity index is 214. The Morgan fingerprint density at radius 3 is 2.79 bits per heavy atom. The predicted octanol–water partition coefficient (Wildman–Crippen LogP) is 0.0764. The zero-order chi connectivity index (χ0) is 10.8. The molecule has 0 spiro atoms. The summed E-state index contributed by atoms with van der Waals surface area (Å²) in [7, 11) is 1.35. The molecule has 0 radical (unpaired) electrons. The van der Waals surface area contributed by atoms with E-state index in [1.54, 1.807) is 0 Å². The van der Waals surface area contributed by atoms with E-state index in [-0.39, 0.29) is 19.0 Å². The van der Waals surface area contributed by atoms with Gasteiger partial charge in [-0.25, -0.2) is 0 Å². The Balaban J connectivity index is 3.39. The van der Waals surface area contributed by atoms with Crippen LogP contribution in [0, 0.1) is 11.8 Å². The van der Waals surface area contributed by atoms with Gasteiger partial charge in [-0.15, -0.1) is 11.8 Å². The highest BCUT2D eigenvalue weighted by molar-refractivity contribution is 5.69. The molecule has 0 aliphatic heterocycles. The summed E-state index contributed by atoms with van der Waals surface area (Å²) in [6.07, 6.45) is 1.15. The monoisotopic (exact) mass is 200 g/mol. The van der Waals surface area contributed by atoms with Crippen LogP contribution in [0.1, 0.15) is 25.7 Å². The number of hydrogen-bond donors (Lipinski definition) is 2. The molecule has 0 aliphatic rings. The Kier molecular flexibility index (Phi) is 7.90. The lowest BCUT2D eigenvalue weighted by molar-refractivity contribution is -0.140. The van der Waals surface area contributed by atoms with Crippen LogP contribution in [0.15, 0.2) is 0 Å². The number of aliphatic hydroxyl groups is 2. The fraction of sp³-hybridized carbons (Fsp3) is 0.700. The molecular weight excluding hydrogens is 184 g/mol. The maximum absolute atomic E-state index is 10.7. The topological polar surface area (TPSA) is 66.8 Å². The molecule has 0 heterocycles. The maximum Gasteiger partial charge on any atom is 0.305 e. The number of rotatable bonds is 5.